The van der Waals surface area contributed by atoms with Crippen molar-refractivity contribution < 1.29 is 4.79 Å². The van der Waals surface area contributed by atoms with E-state index in [0.29, 0.717) is 6.42 Å². The first-order valence-corrected chi connectivity index (χ1v) is 7.69. The highest BCUT2D eigenvalue weighted by molar-refractivity contribution is 5.76. The second kappa shape index (κ2) is 7.43. The molecule has 1 saturated heterocycles. The van der Waals surface area contributed by atoms with Crippen LogP contribution in [0.1, 0.15) is 50.9 Å². The Labute approximate surface area is 121 Å². The van der Waals surface area contributed by atoms with E-state index in [-0.39, 0.29) is 11.9 Å². The molecule has 0 aliphatic carbocycles. The molecule has 0 radical (unpaired) electrons. The second-order valence-corrected chi connectivity index (χ2v) is 5.60. The van der Waals surface area contributed by atoms with Crippen LogP contribution in [0.25, 0.3) is 0 Å². The molecule has 0 spiro atoms. The number of carbonyl (C=O) groups excluding carboxylic acids is 1. The van der Waals surface area contributed by atoms with Crippen molar-refractivity contribution in [2.24, 2.45) is 7.05 Å². The van der Waals surface area contributed by atoms with Gasteiger partial charge >= 0.3 is 0 Å². The van der Waals surface area contributed by atoms with Crippen molar-refractivity contribution in [1.29, 1.82) is 0 Å². The van der Waals surface area contributed by atoms with E-state index in [2.05, 4.69) is 22.1 Å². The van der Waals surface area contributed by atoms with Crippen molar-refractivity contribution in [3.63, 3.8) is 0 Å². The minimum absolute atomic E-state index is 0.0334. The van der Waals surface area contributed by atoms with E-state index in [9.17, 15) is 4.79 Å². The van der Waals surface area contributed by atoms with Gasteiger partial charge in [-0.25, -0.2) is 4.98 Å². The highest BCUT2D eigenvalue weighted by Crippen LogP contribution is 2.16. The Morgan fingerprint density at radius 2 is 2.20 bits per heavy atom. The number of nitrogens with zero attached hydrogens (tertiary/aromatic N) is 3. The number of imidazole rings is 1. The normalized spacial score (nSPS) is 17.3. The van der Waals surface area contributed by atoms with Gasteiger partial charge in [-0.2, -0.15) is 0 Å². The maximum atomic E-state index is 12.1. The molecule has 1 amide bonds. The third-order valence-electron chi connectivity index (χ3n) is 3.94. The SMILES string of the molecule is CCCC(NC(=O)CCN1CCCC1)c1nccn1C. The predicted octanol–water partition coefficient (Wildman–Crippen LogP) is 1.86. The Morgan fingerprint density at radius 3 is 2.80 bits per heavy atom. The molecule has 2 heterocycles. The van der Waals surface area contributed by atoms with Gasteiger partial charge in [0.15, 0.2) is 0 Å². The third-order valence-corrected chi connectivity index (χ3v) is 3.94. The Balaban J connectivity index is 1.84. The van der Waals surface area contributed by atoms with Crippen LogP contribution in [0.5, 0.6) is 0 Å². The van der Waals surface area contributed by atoms with E-state index in [1.807, 2.05) is 17.8 Å². The molecule has 0 aromatic carbocycles. The van der Waals surface area contributed by atoms with Gasteiger partial charge in [0.25, 0.3) is 0 Å². The molecule has 1 unspecified atom stereocenters. The summed E-state index contributed by atoms with van der Waals surface area (Å²) < 4.78 is 1.99. The number of hydrogen-bond acceptors (Lipinski definition) is 3. The predicted molar refractivity (Wildman–Crippen MR) is 79.3 cm³/mol. The van der Waals surface area contributed by atoms with Crippen LogP contribution in [0, 0.1) is 0 Å². The summed E-state index contributed by atoms with van der Waals surface area (Å²) in [5.41, 5.74) is 0. The zero-order valence-electron chi connectivity index (χ0n) is 12.6. The van der Waals surface area contributed by atoms with E-state index in [0.717, 1.165) is 38.3 Å². The van der Waals surface area contributed by atoms with Gasteiger partial charge in [-0.05, 0) is 32.4 Å². The molecular formula is C15H26N4O. The van der Waals surface area contributed by atoms with Gasteiger partial charge in [0.2, 0.25) is 5.91 Å². The molecule has 5 heteroatoms. The van der Waals surface area contributed by atoms with Crippen LogP contribution in [0.3, 0.4) is 0 Å². The Bertz CT molecular complexity index is 423. The summed E-state index contributed by atoms with van der Waals surface area (Å²) >= 11 is 0. The van der Waals surface area contributed by atoms with Gasteiger partial charge in [0, 0.05) is 32.4 Å². The third kappa shape index (κ3) is 4.07. The molecule has 0 saturated carbocycles. The van der Waals surface area contributed by atoms with E-state index < -0.39 is 0 Å². The fourth-order valence-electron chi connectivity index (χ4n) is 2.80. The number of rotatable bonds is 7. The molecule has 112 valence electrons. The maximum absolute atomic E-state index is 12.1. The number of hydrogen-bond donors (Lipinski definition) is 1. The van der Waals surface area contributed by atoms with Gasteiger partial charge < -0.3 is 14.8 Å². The molecule has 1 fully saturated rings. The van der Waals surface area contributed by atoms with Crippen molar-refractivity contribution >= 4 is 5.91 Å². The molecule has 1 aliphatic rings. The second-order valence-electron chi connectivity index (χ2n) is 5.60. The number of likely N-dealkylation sites (tertiary alicyclic amines) is 1. The summed E-state index contributed by atoms with van der Waals surface area (Å²) in [4.78, 5) is 18.9. The lowest BCUT2D eigenvalue weighted by atomic mass is 10.1. The van der Waals surface area contributed by atoms with Crippen LogP contribution in [-0.2, 0) is 11.8 Å². The van der Waals surface area contributed by atoms with Gasteiger partial charge in [0.05, 0.1) is 6.04 Å². The smallest absolute Gasteiger partial charge is 0.221 e. The summed E-state index contributed by atoms with van der Waals surface area (Å²) in [6, 6.07) is 0.0334. The largest absolute Gasteiger partial charge is 0.346 e. The summed E-state index contributed by atoms with van der Waals surface area (Å²) in [6.07, 6.45) is 8.80. The molecule has 1 aromatic rings. The fourth-order valence-corrected chi connectivity index (χ4v) is 2.80. The standard InChI is InChI=1S/C15H26N4O/c1-3-6-13(15-16-8-12-18(15)2)17-14(20)7-11-19-9-4-5-10-19/h8,12-13H,3-7,9-11H2,1-2H3,(H,17,20). The Hall–Kier alpha value is -1.36. The van der Waals surface area contributed by atoms with Gasteiger partial charge in [-0.15, -0.1) is 0 Å². The molecular weight excluding hydrogens is 252 g/mol. The first-order valence-electron chi connectivity index (χ1n) is 7.69. The van der Waals surface area contributed by atoms with Crippen LogP contribution in [0.4, 0.5) is 0 Å². The number of nitrogens with one attached hydrogen (secondary N) is 1. The number of aromatic nitrogens is 2. The van der Waals surface area contributed by atoms with Crippen LogP contribution in [0.2, 0.25) is 0 Å². The molecule has 1 aromatic heterocycles. The van der Waals surface area contributed by atoms with Gasteiger partial charge in [-0.1, -0.05) is 13.3 Å². The van der Waals surface area contributed by atoms with Crippen LogP contribution < -0.4 is 5.32 Å². The summed E-state index contributed by atoms with van der Waals surface area (Å²) in [6.45, 7) is 5.30. The zero-order chi connectivity index (χ0) is 14.4. The van der Waals surface area contributed by atoms with Crippen LogP contribution >= 0.6 is 0 Å². The molecule has 1 atom stereocenters. The minimum Gasteiger partial charge on any atom is -0.346 e. The molecule has 0 bridgehead atoms. The van der Waals surface area contributed by atoms with E-state index in [1.54, 1.807) is 6.20 Å². The Morgan fingerprint density at radius 1 is 1.45 bits per heavy atom. The number of carbonyl (C=O) groups is 1. The average Bonchev–Trinajstić information content (AvgIpc) is 3.07. The quantitative estimate of drug-likeness (QED) is 0.828. The maximum Gasteiger partial charge on any atom is 0.221 e. The topological polar surface area (TPSA) is 50.2 Å². The van der Waals surface area contributed by atoms with E-state index >= 15 is 0 Å². The van der Waals surface area contributed by atoms with Crippen molar-refractivity contribution in [3.8, 4) is 0 Å². The number of amides is 1. The first kappa shape index (κ1) is 15.0. The van der Waals surface area contributed by atoms with Crippen LogP contribution in [0.15, 0.2) is 12.4 Å². The summed E-state index contributed by atoms with van der Waals surface area (Å²) in [5.74, 6) is 1.08. The monoisotopic (exact) mass is 278 g/mol. The van der Waals surface area contributed by atoms with E-state index in [1.165, 1.54) is 12.8 Å². The fraction of sp³-hybridized carbons (Fsp3) is 0.733. The lowest BCUT2D eigenvalue weighted by Crippen LogP contribution is -2.33. The van der Waals surface area contributed by atoms with Crippen molar-refractivity contribution in [1.82, 2.24) is 19.8 Å². The molecule has 1 N–H and O–H groups in total. The van der Waals surface area contributed by atoms with Gasteiger partial charge in [-0.3, -0.25) is 4.79 Å². The first-order chi connectivity index (χ1) is 9.70. The van der Waals surface area contributed by atoms with Crippen LogP contribution in [-0.4, -0.2) is 40.0 Å². The Kier molecular flexibility index (Phi) is 5.59. The summed E-state index contributed by atoms with van der Waals surface area (Å²) in [5, 5.41) is 3.14. The van der Waals surface area contributed by atoms with Crippen molar-refractivity contribution in [2.45, 2.75) is 45.1 Å². The lowest BCUT2D eigenvalue weighted by Gasteiger charge is -2.19. The molecule has 20 heavy (non-hydrogen) atoms. The lowest BCUT2D eigenvalue weighted by molar-refractivity contribution is -0.122. The average molecular weight is 278 g/mol. The summed E-state index contributed by atoms with van der Waals surface area (Å²) in [7, 11) is 1.97. The molecule has 5 nitrogen and oxygen atoms in total. The molecule has 1 aliphatic heterocycles. The van der Waals surface area contributed by atoms with Gasteiger partial charge in [0.1, 0.15) is 5.82 Å². The molecule has 2 rings (SSSR count). The highest BCUT2D eigenvalue weighted by Gasteiger charge is 2.18. The number of aryl methyl sites for hydroxylation is 1. The van der Waals surface area contributed by atoms with Crippen molar-refractivity contribution in [2.75, 3.05) is 19.6 Å². The van der Waals surface area contributed by atoms with Crippen molar-refractivity contribution in [3.05, 3.63) is 18.2 Å². The highest BCUT2D eigenvalue weighted by atomic mass is 16.1. The van der Waals surface area contributed by atoms with E-state index in [4.69, 9.17) is 0 Å². The minimum atomic E-state index is 0.0334. The zero-order valence-corrected chi connectivity index (χ0v) is 12.6.